The van der Waals surface area contributed by atoms with E-state index in [0.29, 0.717) is 18.7 Å². The molecular formula is C19H23NO5. The second-order valence-corrected chi connectivity index (χ2v) is 5.35. The maximum Gasteiger partial charge on any atom is 0.335 e. The van der Waals surface area contributed by atoms with Crippen molar-refractivity contribution in [1.82, 2.24) is 4.90 Å². The van der Waals surface area contributed by atoms with Crippen LogP contribution in [0.3, 0.4) is 0 Å². The minimum Gasteiger partial charge on any atom is -0.478 e. The third kappa shape index (κ3) is 6.63. The van der Waals surface area contributed by atoms with Gasteiger partial charge in [0.2, 0.25) is 5.91 Å². The molecule has 0 aliphatic heterocycles. The van der Waals surface area contributed by atoms with Gasteiger partial charge in [-0.3, -0.25) is 9.59 Å². The first kappa shape index (κ1) is 20.2. The lowest BCUT2D eigenvalue weighted by Gasteiger charge is -2.21. The number of amides is 1. The quantitative estimate of drug-likeness (QED) is 0.423. The number of carboxylic acid groups (broad SMARTS) is 1. The SMILES string of the molecule is C=CCN(CCC(=O)OCC)C(=O)/C(C)=C/c1ccc(C(=O)O)cc1. The predicted octanol–water partition coefficient (Wildman–Crippen LogP) is 2.76. The molecule has 0 atom stereocenters. The van der Waals surface area contributed by atoms with Crippen molar-refractivity contribution in [2.45, 2.75) is 20.3 Å². The van der Waals surface area contributed by atoms with Crippen LogP contribution in [0.4, 0.5) is 0 Å². The lowest BCUT2D eigenvalue weighted by atomic mass is 10.1. The molecule has 6 heteroatoms. The number of hydrogen-bond donors (Lipinski definition) is 1. The molecule has 1 aromatic carbocycles. The molecule has 0 aliphatic rings. The van der Waals surface area contributed by atoms with Gasteiger partial charge >= 0.3 is 11.9 Å². The maximum atomic E-state index is 12.5. The average Bonchev–Trinajstić information content (AvgIpc) is 2.58. The van der Waals surface area contributed by atoms with Crippen LogP contribution in [0.5, 0.6) is 0 Å². The smallest absolute Gasteiger partial charge is 0.335 e. The van der Waals surface area contributed by atoms with Crippen LogP contribution in [0, 0.1) is 0 Å². The van der Waals surface area contributed by atoms with Gasteiger partial charge < -0.3 is 14.7 Å². The van der Waals surface area contributed by atoms with Crippen molar-refractivity contribution in [3.8, 4) is 0 Å². The van der Waals surface area contributed by atoms with Crippen molar-refractivity contribution in [2.75, 3.05) is 19.7 Å². The number of carbonyl (C=O) groups is 3. The molecule has 0 aliphatic carbocycles. The lowest BCUT2D eigenvalue weighted by molar-refractivity contribution is -0.143. The summed E-state index contributed by atoms with van der Waals surface area (Å²) in [4.78, 5) is 36.4. The van der Waals surface area contributed by atoms with Crippen LogP contribution >= 0.6 is 0 Å². The van der Waals surface area contributed by atoms with Crippen molar-refractivity contribution >= 4 is 23.9 Å². The Hall–Kier alpha value is -2.89. The summed E-state index contributed by atoms with van der Waals surface area (Å²) in [5.74, 6) is -1.57. The normalized spacial score (nSPS) is 10.9. The molecule has 0 fully saturated rings. The zero-order chi connectivity index (χ0) is 18.8. The fraction of sp³-hybridized carbons (Fsp3) is 0.316. The maximum absolute atomic E-state index is 12.5. The standard InChI is InChI=1S/C19H23NO5/c1-4-11-20(12-10-17(21)25-5-2)18(22)14(3)13-15-6-8-16(9-7-15)19(23)24/h4,6-9,13H,1,5,10-12H2,2-3H3,(H,23,24)/b14-13+. The molecule has 0 bridgehead atoms. The van der Waals surface area contributed by atoms with Crippen LogP contribution in [0.15, 0.2) is 42.5 Å². The Morgan fingerprint density at radius 2 is 1.88 bits per heavy atom. The predicted molar refractivity (Wildman–Crippen MR) is 95.1 cm³/mol. The molecular weight excluding hydrogens is 322 g/mol. The van der Waals surface area contributed by atoms with E-state index in [1.807, 2.05) is 0 Å². The summed E-state index contributed by atoms with van der Waals surface area (Å²) < 4.78 is 4.87. The highest BCUT2D eigenvalue weighted by Crippen LogP contribution is 2.12. The molecule has 0 heterocycles. The van der Waals surface area contributed by atoms with Crippen molar-refractivity contribution in [3.05, 3.63) is 53.6 Å². The highest BCUT2D eigenvalue weighted by molar-refractivity contribution is 5.97. The van der Waals surface area contributed by atoms with Crippen LogP contribution in [0.2, 0.25) is 0 Å². The first-order chi connectivity index (χ1) is 11.9. The van der Waals surface area contributed by atoms with Gasteiger partial charge in [0.1, 0.15) is 0 Å². The minimum atomic E-state index is -1.00. The summed E-state index contributed by atoms with van der Waals surface area (Å²) in [6, 6.07) is 6.23. The van der Waals surface area contributed by atoms with Crippen molar-refractivity contribution in [1.29, 1.82) is 0 Å². The monoisotopic (exact) mass is 345 g/mol. The Balaban J connectivity index is 2.82. The number of aromatic carboxylic acids is 1. The highest BCUT2D eigenvalue weighted by Gasteiger charge is 2.16. The van der Waals surface area contributed by atoms with Gasteiger partial charge in [-0.15, -0.1) is 6.58 Å². The van der Waals surface area contributed by atoms with Gasteiger partial charge in [0, 0.05) is 18.7 Å². The van der Waals surface area contributed by atoms with E-state index >= 15 is 0 Å². The van der Waals surface area contributed by atoms with Crippen molar-refractivity contribution < 1.29 is 24.2 Å². The third-order valence-corrected chi connectivity index (χ3v) is 3.41. The lowest BCUT2D eigenvalue weighted by Crippen LogP contribution is -2.34. The molecule has 0 saturated heterocycles. The third-order valence-electron chi connectivity index (χ3n) is 3.41. The topological polar surface area (TPSA) is 83.9 Å². The van der Waals surface area contributed by atoms with E-state index in [9.17, 15) is 14.4 Å². The van der Waals surface area contributed by atoms with Gasteiger partial charge in [-0.25, -0.2) is 4.79 Å². The number of carboxylic acids is 1. The summed E-state index contributed by atoms with van der Waals surface area (Å²) >= 11 is 0. The Kier molecular flexibility index (Phi) is 8.12. The molecule has 0 aromatic heterocycles. The molecule has 0 saturated carbocycles. The average molecular weight is 345 g/mol. The number of esters is 1. The summed E-state index contributed by atoms with van der Waals surface area (Å²) in [6.07, 6.45) is 3.39. The van der Waals surface area contributed by atoms with E-state index in [1.54, 1.807) is 38.1 Å². The number of carbonyl (C=O) groups excluding carboxylic acids is 2. The summed E-state index contributed by atoms with van der Waals surface area (Å²) in [5.41, 5.74) is 1.39. The Bertz CT molecular complexity index is 661. The van der Waals surface area contributed by atoms with Gasteiger partial charge in [-0.05, 0) is 37.6 Å². The summed E-state index contributed by atoms with van der Waals surface area (Å²) in [6.45, 7) is 7.90. The van der Waals surface area contributed by atoms with E-state index in [-0.39, 0.29) is 30.4 Å². The molecule has 1 N–H and O–H groups in total. The first-order valence-corrected chi connectivity index (χ1v) is 7.96. The van der Waals surface area contributed by atoms with E-state index < -0.39 is 5.97 Å². The zero-order valence-corrected chi connectivity index (χ0v) is 14.5. The van der Waals surface area contributed by atoms with Gasteiger partial charge in [0.05, 0.1) is 18.6 Å². The molecule has 0 radical (unpaired) electrons. The minimum absolute atomic E-state index is 0.119. The molecule has 0 spiro atoms. The molecule has 25 heavy (non-hydrogen) atoms. The second-order valence-electron chi connectivity index (χ2n) is 5.35. The number of ether oxygens (including phenoxy) is 1. The highest BCUT2D eigenvalue weighted by atomic mass is 16.5. The number of nitrogens with zero attached hydrogens (tertiary/aromatic N) is 1. The largest absolute Gasteiger partial charge is 0.478 e. The molecule has 6 nitrogen and oxygen atoms in total. The van der Waals surface area contributed by atoms with Crippen LogP contribution in [0.1, 0.15) is 36.2 Å². The van der Waals surface area contributed by atoms with Gasteiger partial charge in [-0.1, -0.05) is 18.2 Å². The van der Waals surface area contributed by atoms with Crippen LogP contribution < -0.4 is 0 Å². The van der Waals surface area contributed by atoms with Gasteiger partial charge in [0.25, 0.3) is 0 Å². The Morgan fingerprint density at radius 3 is 2.40 bits per heavy atom. The number of hydrogen-bond acceptors (Lipinski definition) is 4. The van der Waals surface area contributed by atoms with E-state index in [4.69, 9.17) is 9.84 Å². The molecule has 134 valence electrons. The van der Waals surface area contributed by atoms with Crippen LogP contribution in [-0.4, -0.2) is 47.5 Å². The molecule has 1 aromatic rings. The molecule has 1 rings (SSSR count). The fourth-order valence-electron chi connectivity index (χ4n) is 2.17. The molecule has 0 unspecified atom stereocenters. The van der Waals surface area contributed by atoms with Gasteiger partial charge in [0.15, 0.2) is 0 Å². The number of rotatable bonds is 9. The van der Waals surface area contributed by atoms with Crippen LogP contribution in [0.25, 0.3) is 6.08 Å². The van der Waals surface area contributed by atoms with E-state index in [2.05, 4.69) is 6.58 Å². The van der Waals surface area contributed by atoms with E-state index in [1.165, 1.54) is 17.0 Å². The van der Waals surface area contributed by atoms with E-state index in [0.717, 1.165) is 5.56 Å². The van der Waals surface area contributed by atoms with Crippen molar-refractivity contribution in [3.63, 3.8) is 0 Å². The van der Waals surface area contributed by atoms with Gasteiger partial charge in [-0.2, -0.15) is 0 Å². The van der Waals surface area contributed by atoms with Crippen LogP contribution in [-0.2, 0) is 14.3 Å². The van der Waals surface area contributed by atoms with Crippen molar-refractivity contribution in [2.24, 2.45) is 0 Å². The summed E-state index contributed by atoms with van der Waals surface area (Å²) in [5, 5.41) is 8.90. The number of benzene rings is 1. The zero-order valence-electron chi connectivity index (χ0n) is 14.5. The Morgan fingerprint density at radius 1 is 1.24 bits per heavy atom. The molecule has 1 amide bonds. The first-order valence-electron chi connectivity index (χ1n) is 7.96. The fourth-order valence-corrected chi connectivity index (χ4v) is 2.17. The second kappa shape index (κ2) is 10.1. The Labute approximate surface area is 147 Å². The summed E-state index contributed by atoms with van der Waals surface area (Å²) in [7, 11) is 0.